The van der Waals surface area contributed by atoms with Gasteiger partial charge in [-0.25, -0.2) is 4.99 Å². The average molecular weight is 522 g/mol. The topological polar surface area (TPSA) is 121 Å². The Bertz CT molecular complexity index is 1470. The Balaban J connectivity index is 1.60. The van der Waals surface area contributed by atoms with Gasteiger partial charge < -0.3 is 20.1 Å². The lowest BCUT2D eigenvalue weighted by atomic mass is 10.1. The Morgan fingerprint density at radius 2 is 1.87 bits per heavy atom. The number of carbonyl (C=O) groups excluding carboxylic acids is 1. The normalized spacial score (nSPS) is 14.4. The number of amides is 1. The second-order valence-electron chi connectivity index (χ2n) is 7.90. The highest BCUT2D eigenvalue weighted by atomic mass is 19.4. The molecule has 0 fully saturated rings. The van der Waals surface area contributed by atoms with Gasteiger partial charge in [-0.2, -0.15) is 4.99 Å². The fourth-order valence-corrected chi connectivity index (χ4v) is 3.42. The number of aliphatic imine (C=N–C) groups is 2. The predicted octanol–water partition coefficient (Wildman–Crippen LogP) is 4.86. The van der Waals surface area contributed by atoms with Crippen LogP contribution in [0.5, 0.6) is 11.5 Å². The third-order valence-corrected chi connectivity index (χ3v) is 5.11. The summed E-state index contributed by atoms with van der Waals surface area (Å²) < 4.78 is 47.5. The molecule has 2 heterocycles. The molecule has 0 atom stereocenters. The highest BCUT2D eigenvalue weighted by molar-refractivity contribution is 6.30. The Morgan fingerprint density at radius 1 is 1.05 bits per heavy atom. The molecule has 0 unspecified atom stereocenters. The smallest absolute Gasteiger partial charge is 0.438 e. The van der Waals surface area contributed by atoms with E-state index in [2.05, 4.69) is 30.3 Å². The van der Waals surface area contributed by atoms with Crippen molar-refractivity contribution < 1.29 is 27.4 Å². The van der Waals surface area contributed by atoms with Crippen molar-refractivity contribution in [2.24, 2.45) is 9.98 Å². The van der Waals surface area contributed by atoms with E-state index in [1.807, 2.05) is 0 Å². The number of nitrogens with one attached hydrogen (secondary N) is 3. The van der Waals surface area contributed by atoms with Crippen molar-refractivity contribution in [1.29, 1.82) is 5.41 Å². The van der Waals surface area contributed by atoms with Crippen molar-refractivity contribution in [3.63, 3.8) is 0 Å². The van der Waals surface area contributed by atoms with E-state index in [0.29, 0.717) is 11.1 Å². The van der Waals surface area contributed by atoms with Crippen molar-refractivity contribution in [2.75, 3.05) is 12.4 Å². The second kappa shape index (κ2) is 10.9. The number of ether oxygens (including phenoxy) is 2. The summed E-state index contributed by atoms with van der Waals surface area (Å²) in [5, 5.41) is 13.7. The molecule has 1 amide bonds. The molecule has 0 saturated heterocycles. The van der Waals surface area contributed by atoms with Gasteiger partial charge in [-0.05, 0) is 48.9 Å². The van der Waals surface area contributed by atoms with Crippen LogP contribution < -0.4 is 20.1 Å². The number of aromatic nitrogens is 1. The van der Waals surface area contributed by atoms with Gasteiger partial charge in [-0.1, -0.05) is 12.1 Å². The lowest BCUT2D eigenvalue weighted by Gasteiger charge is -2.17. The number of anilines is 1. The molecule has 0 bridgehead atoms. The number of halogens is 3. The van der Waals surface area contributed by atoms with E-state index < -0.39 is 18.0 Å². The van der Waals surface area contributed by atoms with Crippen LogP contribution >= 0.6 is 0 Å². The summed E-state index contributed by atoms with van der Waals surface area (Å²) in [6.07, 6.45) is -0.180. The van der Waals surface area contributed by atoms with Gasteiger partial charge in [0, 0.05) is 48.5 Å². The fraction of sp³-hybridized carbons (Fsp3) is 0.115. The van der Waals surface area contributed by atoms with Crippen LogP contribution in [0.15, 0.2) is 88.7 Å². The van der Waals surface area contributed by atoms with Gasteiger partial charge in [0.25, 0.3) is 5.91 Å². The molecule has 1 aromatic heterocycles. The third-order valence-electron chi connectivity index (χ3n) is 5.11. The van der Waals surface area contributed by atoms with E-state index >= 15 is 0 Å². The van der Waals surface area contributed by atoms with Crippen molar-refractivity contribution in [3.8, 4) is 11.5 Å². The Labute approximate surface area is 215 Å². The molecule has 0 saturated carbocycles. The fourth-order valence-electron chi connectivity index (χ4n) is 3.42. The number of benzene rings is 2. The first-order chi connectivity index (χ1) is 18.1. The van der Waals surface area contributed by atoms with Crippen LogP contribution in [-0.2, 0) is 0 Å². The van der Waals surface area contributed by atoms with Crippen molar-refractivity contribution in [2.45, 2.75) is 13.3 Å². The summed E-state index contributed by atoms with van der Waals surface area (Å²) in [4.78, 5) is 25.7. The zero-order valence-corrected chi connectivity index (χ0v) is 20.1. The molecule has 12 heteroatoms. The zero-order chi connectivity index (χ0) is 27.3. The second-order valence-corrected chi connectivity index (χ2v) is 7.90. The molecule has 3 N–H and O–H groups in total. The van der Waals surface area contributed by atoms with E-state index in [-0.39, 0.29) is 40.1 Å². The van der Waals surface area contributed by atoms with Crippen LogP contribution in [-0.4, -0.2) is 41.9 Å². The van der Waals surface area contributed by atoms with Gasteiger partial charge in [-0.15, -0.1) is 13.2 Å². The lowest BCUT2D eigenvalue weighted by Crippen LogP contribution is -2.26. The maximum absolute atomic E-state index is 13.0. The molecule has 2 aromatic carbocycles. The number of carbonyl (C=O) groups is 1. The minimum absolute atomic E-state index is 0.0745. The summed E-state index contributed by atoms with van der Waals surface area (Å²) in [5.41, 5.74) is 1.80. The first-order valence-electron chi connectivity index (χ1n) is 11.1. The Morgan fingerprint density at radius 3 is 2.58 bits per heavy atom. The van der Waals surface area contributed by atoms with Crippen molar-refractivity contribution in [1.82, 2.24) is 10.3 Å². The molecule has 0 aliphatic carbocycles. The minimum Gasteiger partial charge on any atom is -0.438 e. The van der Waals surface area contributed by atoms with Crippen molar-refractivity contribution in [3.05, 3.63) is 95.5 Å². The van der Waals surface area contributed by atoms with E-state index in [0.717, 1.165) is 12.1 Å². The van der Waals surface area contributed by atoms with Gasteiger partial charge in [0.15, 0.2) is 11.7 Å². The number of pyridine rings is 1. The maximum atomic E-state index is 13.0. The van der Waals surface area contributed by atoms with Gasteiger partial charge in [0.1, 0.15) is 11.5 Å². The third kappa shape index (κ3) is 6.40. The minimum atomic E-state index is -4.86. The first-order valence-corrected chi connectivity index (χ1v) is 11.1. The van der Waals surface area contributed by atoms with Crippen LogP contribution in [0.1, 0.15) is 21.5 Å². The molecule has 194 valence electrons. The molecule has 38 heavy (non-hydrogen) atoms. The molecule has 0 radical (unpaired) electrons. The largest absolute Gasteiger partial charge is 0.573 e. The number of hydrogen-bond donors (Lipinski definition) is 3. The number of amidine groups is 2. The van der Waals surface area contributed by atoms with Gasteiger partial charge >= 0.3 is 6.36 Å². The maximum Gasteiger partial charge on any atom is 0.573 e. The molecule has 9 nitrogen and oxygen atoms in total. The van der Waals surface area contributed by atoms with Gasteiger partial charge in [0.05, 0.1) is 5.57 Å². The predicted molar refractivity (Wildman–Crippen MR) is 136 cm³/mol. The van der Waals surface area contributed by atoms with E-state index in [1.165, 1.54) is 24.4 Å². The number of nitrogens with zero attached hydrogens (tertiary/aromatic N) is 3. The summed E-state index contributed by atoms with van der Waals surface area (Å²) in [7, 11) is 1.65. The molecule has 3 aromatic rings. The van der Waals surface area contributed by atoms with Gasteiger partial charge in [-0.3, -0.25) is 15.2 Å². The summed E-state index contributed by atoms with van der Waals surface area (Å²) >= 11 is 0. The Kier molecular flexibility index (Phi) is 7.51. The first kappa shape index (κ1) is 26.1. The van der Waals surface area contributed by atoms with Gasteiger partial charge in [0.2, 0.25) is 5.90 Å². The highest BCUT2D eigenvalue weighted by Crippen LogP contribution is 2.26. The summed E-state index contributed by atoms with van der Waals surface area (Å²) in [6, 6.07) is 13.2. The van der Waals surface area contributed by atoms with Crippen molar-refractivity contribution >= 4 is 29.2 Å². The molecule has 1 aliphatic heterocycles. The van der Waals surface area contributed by atoms with E-state index in [1.54, 1.807) is 50.6 Å². The Hall–Kier alpha value is -5.00. The molecular formula is C26H21F3N6O3. The number of alkyl halides is 3. The molecule has 4 rings (SSSR count). The molecular weight excluding hydrogens is 501 g/mol. The number of rotatable bonds is 6. The number of hydrogen-bond acceptors (Lipinski definition) is 7. The molecule has 0 spiro atoms. The lowest BCUT2D eigenvalue weighted by molar-refractivity contribution is -0.274. The van der Waals surface area contributed by atoms with Crippen LogP contribution in [0.3, 0.4) is 0 Å². The van der Waals surface area contributed by atoms with Crippen LogP contribution in [0.2, 0.25) is 0 Å². The van der Waals surface area contributed by atoms with Crippen LogP contribution in [0, 0.1) is 12.3 Å². The average Bonchev–Trinajstić information content (AvgIpc) is 2.86. The monoisotopic (exact) mass is 522 g/mol. The van der Waals surface area contributed by atoms with Crippen LogP contribution in [0.25, 0.3) is 0 Å². The zero-order valence-electron chi connectivity index (χ0n) is 20.1. The van der Waals surface area contributed by atoms with E-state index in [4.69, 9.17) is 10.1 Å². The quantitative estimate of drug-likeness (QED) is 0.427. The standard InChI is InChI=1S/C26H21F3N6O3/c1-15-8-9-18(12-20(15)24(36)33-17-6-3-7-19(11-17)38-26(27,28)29)37-25-21(14-31-2)22(30)34-23(35-25)16-5-4-10-32-13-16/h3-14,30-31H,1-2H3,(H,33,36)/b21-14+,30-22?. The summed E-state index contributed by atoms with van der Waals surface area (Å²) in [5.74, 6) is -0.566. The molecule has 1 aliphatic rings. The SMILES string of the molecule is CN/C=C1\C(=N)N=C(c2cccnc2)N=C1Oc1ccc(C)c(C(=O)Nc2cccc(OC(F)(F)F)c2)c1. The summed E-state index contributed by atoms with van der Waals surface area (Å²) in [6.45, 7) is 1.70. The van der Waals surface area contributed by atoms with Crippen LogP contribution in [0.4, 0.5) is 18.9 Å². The highest BCUT2D eigenvalue weighted by Gasteiger charge is 2.31. The number of aryl methyl sites for hydroxylation is 1. The van der Waals surface area contributed by atoms with E-state index in [9.17, 15) is 18.0 Å².